The van der Waals surface area contributed by atoms with Gasteiger partial charge in [0.25, 0.3) is 0 Å². The maximum Gasteiger partial charge on any atom is 0.322 e. The molecule has 0 unspecified atom stereocenters. The zero-order valence-corrected chi connectivity index (χ0v) is 22.2. The number of hydrogen-bond acceptors (Lipinski definition) is 9. The topological polar surface area (TPSA) is 302 Å². The predicted molar refractivity (Wildman–Crippen MR) is 138 cm³/mol. The van der Waals surface area contributed by atoms with Gasteiger partial charge in [0.15, 0.2) is 5.96 Å². The van der Waals surface area contributed by atoms with Gasteiger partial charge in [0.1, 0.15) is 24.7 Å². The third-order valence-corrected chi connectivity index (χ3v) is 5.63. The molecule has 0 fully saturated rings. The molecule has 4 amide bonds. The minimum Gasteiger partial charge on any atom is -0.481 e. The average molecular weight is 561 g/mol. The van der Waals surface area contributed by atoms with Gasteiger partial charge < -0.3 is 53.8 Å². The van der Waals surface area contributed by atoms with Crippen LogP contribution in [0.25, 0.3) is 0 Å². The first-order valence-corrected chi connectivity index (χ1v) is 12.2. The highest BCUT2D eigenvalue weighted by molar-refractivity contribution is 5.96. The standard InChI is InChI=1S/C22H40N8O9/c1-4-10(2)16(23)20(38)30-17(11(3)31)21(39)28-12(6-5-7-26-22(24)25)19(37)29-13(8-14(32)33)18(36)27-9-15(34)35/h10-13,16-17,31H,4-9,23H2,1-3H3,(H,27,36)(H,28,39)(H,29,37)(H,30,38)(H,32,33)(H,34,35)(H4,24,25,26)/t10-,11+,12-,13-,16-,17-/m0/s1. The van der Waals surface area contributed by atoms with E-state index in [1.165, 1.54) is 6.92 Å². The van der Waals surface area contributed by atoms with E-state index >= 15 is 0 Å². The van der Waals surface area contributed by atoms with Crippen molar-refractivity contribution < 1.29 is 44.1 Å². The van der Waals surface area contributed by atoms with Gasteiger partial charge in [-0.1, -0.05) is 20.3 Å². The summed E-state index contributed by atoms with van der Waals surface area (Å²) in [6, 6.07) is -5.54. The minimum absolute atomic E-state index is 0.0555. The maximum absolute atomic E-state index is 13.0. The first-order valence-electron chi connectivity index (χ1n) is 12.2. The number of hydrogen-bond donors (Lipinski definition) is 10. The van der Waals surface area contributed by atoms with Crippen LogP contribution in [-0.4, -0.2) is 100 Å². The van der Waals surface area contributed by atoms with E-state index in [1.54, 1.807) is 6.92 Å². The lowest BCUT2D eigenvalue weighted by molar-refractivity contribution is -0.142. The summed E-state index contributed by atoms with van der Waals surface area (Å²) in [5.74, 6) is -7.02. The van der Waals surface area contributed by atoms with Crippen molar-refractivity contribution in [3.8, 4) is 0 Å². The van der Waals surface area contributed by atoms with E-state index < -0.39 is 78.8 Å². The van der Waals surface area contributed by atoms with Crippen molar-refractivity contribution in [3.63, 3.8) is 0 Å². The number of carbonyl (C=O) groups is 6. The number of carboxylic acid groups (broad SMARTS) is 2. The Morgan fingerprint density at radius 1 is 0.846 bits per heavy atom. The van der Waals surface area contributed by atoms with Gasteiger partial charge in [0.2, 0.25) is 23.6 Å². The van der Waals surface area contributed by atoms with E-state index in [4.69, 9.17) is 27.4 Å². The number of amides is 4. The van der Waals surface area contributed by atoms with Crippen molar-refractivity contribution >= 4 is 41.5 Å². The lowest BCUT2D eigenvalue weighted by Crippen LogP contribution is -2.60. The molecule has 0 aromatic rings. The highest BCUT2D eigenvalue weighted by Gasteiger charge is 2.33. The van der Waals surface area contributed by atoms with Gasteiger partial charge in [-0.05, 0) is 25.7 Å². The summed E-state index contributed by atoms with van der Waals surface area (Å²) in [4.78, 5) is 76.5. The Morgan fingerprint density at radius 2 is 1.44 bits per heavy atom. The molecule has 0 aliphatic rings. The van der Waals surface area contributed by atoms with Crippen molar-refractivity contribution in [2.24, 2.45) is 28.1 Å². The molecule has 0 radical (unpaired) electrons. The molecule has 0 heterocycles. The minimum atomic E-state index is -1.67. The number of aliphatic hydroxyl groups excluding tert-OH is 1. The molecule has 0 spiro atoms. The summed E-state index contributed by atoms with van der Waals surface area (Å²) in [6.07, 6.45) is -1.65. The van der Waals surface area contributed by atoms with E-state index in [0.29, 0.717) is 6.42 Å². The first kappa shape index (κ1) is 35.0. The molecule has 6 atom stereocenters. The molecule has 0 bridgehead atoms. The number of nitrogens with zero attached hydrogens (tertiary/aromatic N) is 1. The van der Waals surface area contributed by atoms with Crippen LogP contribution >= 0.6 is 0 Å². The molecule has 0 aliphatic carbocycles. The molecule has 17 nitrogen and oxygen atoms in total. The molecule has 17 heteroatoms. The highest BCUT2D eigenvalue weighted by atomic mass is 16.4. The van der Waals surface area contributed by atoms with E-state index in [9.17, 15) is 33.9 Å². The summed E-state index contributed by atoms with van der Waals surface area (Å²) < 4.78 is 0. The fourth-order valence-corrected chi connectivity index (χ4v) is 3.14. The summed E-state index contributed by atoms with van der Waals surface area (Å²) >= 11 is 0. The molecule has 0 aromatic carbocycles. The molecular formula is C22H40N8O9. The number of nitrogens with one attached hydrogen (secondary N) is 4. The predicted octanol–water partition coefficient (Wildman–Crippen LogP) is -4.08. The van der Waals surface area contributed by atoms with Crippen molar-refractivity contribution in [2.45, 2.75) is 76.7 Å². The molecule has 0 saturated carbocycles. The van der Waals surface area contributed by atoms with Gasteiger partial charge in [0.05, 0.1) is 18.6 Å². The quantitative estimate of drug-likeness (QED) is 0.0435. The number of nitrogens with two attached hydrogens (primary N) is 3. The second kappa shape index (κ2) is 17.5. The van der Waals surface area contributed by atoms with Gasteiger partial charge in [-0.25, -0.2) is 0 Å². The van der Waals surface area contributed by atoms with E-state index in [1.807, 2.05) is 12.2 Å². The monoisotopic (exact) mass is 560 g/mol. The third kappa shape index (κ3) is 13.9. The highest BCUT2D eigenvalue weighted by Crippen LogP contribution is 2.07. The second-order valence-electron chi connectivity index (χ2n) is 8.92. The molecule has 0 saturated heterocycles. The Morgan fingerprint density at radius 3 is 1.92 bits per heavy atom. The summed E-state index contributed by atoms with van der Waals surface area (Å²) in [6.45, 7) is 4.03. The molecule has 13 N–H and O–H groups in total. The van der Waals surface area contributed by atoms with Gasteiger partial charge in [0, 0.05) is 6.54 Å². The zero-order valence-electron chi connectivity index (χ0n) is 22.2. The maximum atomic E-state index is 13.0. The molecular weight excluding hydrogens is 520 g/mol. The van der Waals surface area contributed by atoms with Crippen LogP contribution in [0.5, 0.6) is 0 Å². The fourth-order valence-electron chi connectivity index (χ4n) is 3.14. The number of aliphatic carboxylic acids is 2. The number of carboxylic acids is 2. The summed E-state index contributed by atoms with van der Waals surface area (Å²) in [7, 11) is 0. The number of aliphatic imine (C=N–C) groups is 1. The van der Waals surface area contributed by atoms with Crippen LogP contribution in [0.15, 0.2) is 4.99 Å². The first-order chi connectivity index (χ1) is 18.1. The Labute approximate surface area is 225 Å². The lowest BCUT2D eigenvalue weighted by atomic mass is 9.98. The number of aliphatic hydroxyl groups is 1. The van der Waals surface area contributed by atoms with Crippen molar-refractivity contribution in [1.29, 1.82) is 0 Å². The van der Waals surface area contributed by atoms with Gasteiger partial charge >= 0.3 is 11.9 Å². The van der Waals surface area contributed by atoms with Crippen LogP contribution < -0.4 is 38.5 Å². The van der Waals surface area contributed by atoms with E-state index in [2.05, 4.69) is 20.9 Å². The molecule has 0 rings (SSSR count). The Kier molecular flexibility index (Phi) is 15.7. The number of rotatable bonds is 18. The average Bonchev–Trinajstić information content (AvgIpc) is 2.84. The van der Waals surface area contributed by atoms with E-state index in [0.717, 1.165) is 0 Å². The van der Waals surface area contributed by atoms with Crippen LogP contribution in [0.1, 0.15) is 46.5 Å². The second-order valence-corrected chi connectivity index (χ2v) is 8.92. The molecule has 39 heavy (non-hydrogen) atoms. The Hall–Kier alpha value is -3.99. The lowest BCUT2D eigenvalue weighted by Gasteiger charge is -2.27. The Balaban J connectivity index is 5.81. The van der Waals surface area contributed by atoms with Crippen LogP contribution in [0.2, 0.25) is 0 Å². The third-order valence-electron chi connectivity index (χ3n) is 5.63. The zero-order chi connectivity index (χ0) is 30.3. The summed E-state index contributed by atoms with van der Waals surface area (Å²) in [5.41, 5.74) is 16.5. The van der Waals surface area contributed by atoms with Crippen molar-refractivity contribution in [1.82, 2.24) is 21.3 Å². The van der Waals surface area contributed by atoms with Gasteiger partial charge in [-0.2, -0.15) is 0 Å². The van der Waals surface area contributed by atoms with Crippen LogP contribution in [0.4, 0.5) is 0 Å². The van der Waals surface area contributed by atoms with Gasteiger partial charge in [-0.3, -0.25) is 33.8 Å². The van der Waals surface area contributed by atoms with Crippen LogP contribution in [0, 0.1) is 5.92 Å². The SMILES string of the molecule is CC[C@H](C)[C@H](N)C(=O)N[C@H](C(=O)N[C@@H](CCCN=C(N)N)C(=O)N[C@@H](CC(=O)O)C(=O)NCC(=O)O)[C@@H](C)O. The molecule has 0 aliphatic heterocycles. The molecule has 222 valence electrons. The smallest absolute Gasteiger partial charge is 0.322 e. The van der Waals surface area contributed by atoms with Crippen molar-refractivity contribution in [2.75, 3.05) is 13.1 Å². The van der Waals surface area contributed by atoms with E-state index in [-0.39, 0.29) is 31.3 Å². The largest absolute Gasteiger partial charge is 0.481 e. The Bertz CT molecular complexity index is 908. The van der Waals surface area contributed by atoms with Crippen LogP contribution in [-0.2, 0) is 28.8 Å². The fraction of sp³-hybridized carbons (Fsp3) is 0.682. The number of carbonyl (C=O) groups excluding carboxylic acids is 4. The number of guanidine groups is 1. The van der Waals surface area contributed by atoms with Crippen molar-refractivity contribution in [3.05, 3.63) is 0 Å². The van der Waals surface area contributed by atoms with Gasteiger partial charge in [-0.15, -0.1) is 0 Å². The molecule has 0 aromatic heterocycles. The summed E-state index contributed by atoms with van der Waals surface area (Å²) in [5, 5.41) is 36.9. The van der Waals surface area contributed by atoms with Crippen LogP contribution in [0.3, 0.4) is 0 Å². The normalized spacial score (nSPS) is 15.3.